The van der Waals surface area contributed by atoms with Gasteiger partial charge in [-0.05, 0) is 79.7 Å². The van der Waals surface area contributed by atoms with Crippen molar-refractivity contribution >= 4 is 0 Å². The number of hydrogen-bond acceptors (Lipinski definition) is 1. The summed E-state index contributed by atoms with van der Waals surface area (Å²) in [5.41, 5.74) is 7.17. The van der Waals surface area contributed by atoms with Gasteiger partial charge in [0.15, 0.2) is 11.6 Å². The predicted octanol–water partition coefficient (Wildman–Crippen LogP) is 4.05. The molecule has 4 bridgehead atoms. The molecule has 1 aromatic rings. The average Bonchev–Trinajstić information content (AvgIpc) is 2.42. The van der Waals surface area contributed by atoms with E-state index in [4.69, 9.17) is 5.73 Å². The van der Waals surface area contributed by atoms with E-state index in [1.54, 1.807) is 12.1 Å². The lowest BCUT2D eigenvalue weighted by Crippen LogP contribution is -2.55. The van der Waals surface area contributed by atoms with Crippen molar-refractivity contribution in [2.45, 2.75) is 51.0 Å². The van der Waals surface area contributed by atoms with Crippen LogP contribution in [-0.4, -0.2) is 6.04 Å². The molecule has 1 atom stereocenters. The third kappa shape index (κ3) is 2.21. The molecule has 4 saturated carbocycles. The van der Waals surface area contributed by atoms with Crippen LogP contribution in [0, 0.1) is 34.8 Å². The SMILES string of the molecule is NC(Cc1cccc(F)c1F)C12CC3CC(CC(C3)C1)C2. The maximum absolute atomic E-state index is 13.9. The van der Waals surface area contributed by atoms with Crippen LogP contribution in [0.5, 0.6) is 0 Å². The summed E-state index contributed by atoms with van der Waals surface area (Å²) in [6.45, 7) is 0. The summed E-state index contributed by atoms with van der Waals surface area (Å²) < 4.78 is 27.3. The second-order valence-corrected chi connectivity index (χ2v) is 7.80. The molecule has 1 aromatic carbocycles. The van der Waals surface area contributed by atoms with Crippen molar-refractivity contribution in [1.82, 2.24) is 0 Å². The van der Waals surface area contributed by atoms with Crippen molar-refractivity contribution in [3.8, 4) is 0 Å². The quantitative estimate of drug-likeness (QED) is 0.893. The molecular weight excluding hydrogens is 268 g/mol. The maximum Gasteiger partial charge on any atom is 0.162 e. The Kier molecular flexibility index (Phi) is 3.11. The van der Waals surface area contributed by atoms with Crippen molar-refractivity contribution < 1.29 is 8.78 Å². The van der Waals surface area contributed by atoms with E-state index < -0.39 is 11.6 Å². The monoisotopic (exact) mass is 291 g/mol. The fourth-order valence-electron chi connectivity index (χ4n) is 5.79. The zero-order chi connectivity index (χ0) is 14.6. The summed E-state index contributed by atoms with van der Waals surface area (Å²) in [6, 6.07) is 4.40. The van der Waals surface area contributed by atoms with Gasteiger partial charge in [0, 0.05) is 6.04 Å². The van der Waals surface area contributed by atoms with Gasteiger partial charge in [-0.3, -0.25) is 0 Å². The molecule has 0 amide bonds. The number of benzene rings is 1. The Bertz CT molecular complexity index is 519. The summed E-state index contributed by atoms with van der Waals surface area (Å²) in [4.78, 5) is 0. The number of nitrogens with two attached hydrogens (primary N) is 1. The van der Waals surface area contributed by atoms with E-state index >= 15 is 0 Å². The first kappa shape index (κ1) is 13.7. The van der Waals surface area contributed by atoms with Crippen LogP contribution < -0.4 is 5.73 Å². The van der Waals surface area contributed by atoms with Gasteiger partial charge in [0.1, 0.15) is 0 Å². The first-order chi connectivity index (χ1) is 10.1. The van der Waals surface area contributed by atoms with Crippen LogP contribution in [-0.2, 0) is 6.42 Å². The van der Waals surface area contributed by atoms with Crippen LogP contribution >= 0.6 is 0 Å². The molecule has 1 nitrogen and oxygen atoms in total. The van der Waals surface area contributed by atoms with Crippen molar-refractivity contribution in [3.63, 3.8) is 0 Å². The smallest absolute Gasteiger partial charge is 0.162 e. The Morgan fingerprint density at radius 3 is 2.19 bits per heavy atom. The number of hydrogen-bond donors (Lipinski definition) is 1. The third-order valence-corrected chi connectivity index (χ3v) is 6.34. The summed E-state index contributed by atoms with van der Waals surface area (Å²) >= 11 is 0. The van der Waals surface area contributed by atoms with E-state index in [2.05, 4.69) is 0 Å². The van der Waals surface area contributed by atoms with Gasteiger partial charge in [0.25, 0.3) is 0 Å². The summed E-state index contributed by atoms with van der Waals surface area (Å²) in [6.07, 6.45) is 8.21. The van der Waals surface area contributed by atoms with Crippen molar-refractivity contribution in [1.29, 1.82) is 0 Å². The molecule has 0 aliphatic heterocycles. The van der Waals surface area contributed by atoms with Crippen LogP contribution in [0.15, 0.2) is 18.2 Å². The van der Waals surface area contributed by atoms with E-state index in [9.17, 15) is 8.78 Å². The second kappa shape index (κ2) is 4.77. The molecule has 1 unspecified atom stereocenters. The zero-order valence-corrected chi connectivity index (χ0v) is 12.3. The Morgan fingerprint density at radius 2 is 1.62 bits per heavy atom. The van der Waals surface area contributed by atoms with Crippen LogP contribution in [0.2, 0.25) is 0 Å². The first-order valence-electron chi connectivity index (χ1n) is 8.24. The summed E-state index contributed by atoms with van der Waals surface area (Å²) in [7, 11) is 0. The highest BCUT2D eigenvalue weighted by Crippen LogP contribution is 2.61. The molecule has 0 aromatic heterocycles. The summed E-state index contributed by atoms with van der Waals surface area (Å²) in [5.74, 6) is 1.03. The Labute approximate surface area is 124 Å². The third-order valence-electron chi connectivity index (χ3n) is 6.34. The van der Waals surface area contributed by atoms with E-state index in [0.29, 0.717) is 12.0 Å². The van der Waals surface area contributed by atoms with Gasteiger partial charge in [-0.2, -0.15) is 0 Å². The second-order valence-electron chi connectivity index (χ2n) is 7.80. The fraction of sp³-hybridized carbons (Fsp3) is 0.667. The van der Waals surface area contributed by atoms with Crippen LogP contribution in [0.3, 0.4) is 0 Å². The molecule has 4 fully saturated rings. The number of halogens is 2. The molecule has 114 valence electrons. The molecule has 21 heavy (non-hydrogen) atoms. The molecule has 4 aliphatic rings. The lowest BCUT2D eigenvalue weighted by atomic mass is 9.47. The Hall–Kier alpha value is -0.960. The lowest BCUT2D eigenvalue weighted by Gasteiger charge is -2.59. The normalized spacial score (nSPS) is 38.7. The molecular formula is C18H23F2N. The zero-order valence-electron chi connectivity index (χ0n) is 12.3. The van der Waals surface area contributed by atoms with Gasteiger partial charge in [0.05, 0.1) is 0 Å². The van der Waals surface area contributed by atoms with Gasteiger partial charge in [0.2, 0.25) is 0 Å². The highest BCUT2D eigenvalue weighted by molar-refractivity contribution is 5.21. The Morgan fingerprint density at radius 1 is 1.05 bits per heavy atom. The van der Waals surface area contributed by atoms with Crippen molar-refractivity contribution in [3.05, 3.63) is 35.4 Å². The predicted molar refractivity (Wildman–Crippen MR) is 78.6 cm³/mol. The molecule has 0 heterocycles. The van der Waals surface area contributed by atoms with E-state index in [0.717, 1.165) is 17.8 Å². The topological polar surface area (TPSA) is 26.0 Å². The minimum Gasteiger partial charge on any atom is -0.327 e. The lowest BCUT2D eigenvalue weighted by molar-refractivity contribution is -0.0668. The minimum atomic E-state index is -0.759. The highest BCUT2D eigenvalue weighted by Gasteiger charge is 2.53. The molecule has 0 saturated heterocycles. The fourth-order valence-corrected chi connectivity index (χ4v) is 5.79. The van der Waals surface area contributed by atoms with Gasteiger partial charge < -0.3 is 5.73 Å². The van der Waals surface area contributed by atoms with Gasteiger partial charge >= 0.3 is 0 Å². The minimum absolute atomic E-state index is 0.0396. The van der Waals surface area contributed by atoms with Crippen LogP contribution in [0.1, 0.15) is 44.1 Å². The molecule has 2 N–H and O–H groups in total. The first-order valence-corrected chi connectivity index (χ1v) is 8.24. The molecule has 5 rings (SSSR count). The van der Waals surface area contributed by atoms with E-state index in [1.807, 2.05) is 0 Å². The van der Waals surface area contributed by atoms with E-state index in [-0.39, 0.29) is 11.5 Å². The van der Waals surface area contributed by atoms with E-state index in [1.165, 1.54) is 44.6 Å². The van der Waals surface area contributed by atoms with Crippen LogP contribution in [0.25, 0.3) is 0 Å². The number of rotatable bonds is 3. The molecule has 3 heteroatoms. The molecule has 0 spiro atoms. The Balaban J connectivity index is 1.57. The van der Waals surface area contributed by atoms with Crippen molar-refractivity contribution in [2.75, 3.05) is 0 Å². The largest absolute Gasteiger partial charge is 0.327 e. The van der Waals surface area contributed by atoms with Crippen molar-refractivity contribution in [2.24, 2.45) is 28.9 Å². The highest BCUT2D eigenvalue weighted by atomic mass is 19.2. The van der Waals surface area contributed by atoms with Gasteiger partial charge in [-0.1, -0.05) is 12.1 Å². The molecule has 0 radical (unpaired) electrons. The summed E-state index contributed by atoms with van der Waals surface area (Å²) in [5, 5.41) is 0. The van der Waals surface area contributed by atoms with Gasteiger partial charge in [-0.25, -0.2) is 8.78 Å². The molecule has 4 aliphatic carbocycles. The maximum atomic E-state index is 13.9. The standard InChI is InChI=1S/C18H23F2N/c19-15-3-1-2-14(17(15)20)7-16(21)18-8-11-4-12(9-18)6-13(5-11)10-18/h1-3,11-13,16H,4-10,21H2. The average molecular weight is 291 g/mol. The van der Waals surface area contributed by atoms with Crippen LogP contribution in [0.4, 0.5) is 8.78 Å². The van der Waals surface area contributed by atoms with Gasteiger partial charge in [-0.15, -0.1) is 0 Å².